The van der Waals surface area contributed by atoms with Crippen LogP contribution in [0.15, 0.2) is 66.7 Å². The summed E-state index contributed by atoms with van der Waals surface area (Å²) in [5.74, 6) is -0.195. The number of aromatic nitrogens is 2. The van der Waals surface area contributed by atoms with E-state index in [0.717, 1.165) is 22.5 Å². The predicted molar refractivity (Wildman–Crippen MR) is 129 cm³/mol. The molecule has 7 heteroatoms. The zero-order valence-electron chi connectivity index (χ0n) is 19.8. The zero-order valence-corrected chi connectivity index (χ0v) is 19.8. The third-order valence-electron chi connectivity index (χ3n) is 5.88. The van der Waals surface area contributed by atoms with Gasteiger partial charge < -0.3 is 14.2 Å². The highest BCUT2D eigenvalue weighted by atomic mass is 16.5. The monoisotopic (exact) mass is 458 g/mol. The Morgan fingerprint density at radius 3 is 1.65 bits per heavy atom. The van der Waals surface area contributed by atoms with Crippen LogP contribution in [0.5, 0.6) is 5.75 Å². The van der Waals surface area contributed by atoms with Gasteiger partial charge in [0.25, 0.3) is 0 Å². The van der Waals surface area contributed by atoms with Gasteiger partial charge in [0.1, 0.15) is 5.75 Å². The van der Waals surface area contributed by atoms with Crippen LogP contribution in [0.25, 0.3) is 22.5 Å². The van der Waals surface area contributed by atoms with Gasteiger partial charge in [0.05, 0.1) is 55.2 Å². The van der Waals surface area contributed by atoms with Crippen molar-refractivity contribution in [1.82, 2.24) is 9.35 Å². The molecule has 0 fully saturated rings. The van der Waals surface area contributed by atoms with E-state index in [1.165, 1.54) is 14.2 Å². The van der Waals surface area contributed by atoms with E-state index in [4.69, 9.17) is 14.2 Å². The van der Waals surface area contributed by atoms with Crippen molar-refractivity contribution < 1.29 is 23.8 Å². The van der Waals surface area contributed by atoms with Gasteiger partial charge in [-0.1, -0.05) is 42.5 Å². The lowest BCUT2D eigenvalue weighted by molar-refractivity contribution is 0.0590. The topological polar surface area (TPSA) is 71.7 Å². The number of hydrogen-bond acceptors (Lipinski definition) is 5. The van der Waals surface area contributed by atoms with E-state index in [1.54, 1.807) is 13.2 Å². The normalized spacial score (nSPS) is 10.7. The second-order valence-electron chi connectivity index (χ2n) is 7.76. The van der Waals surface area contributed by atoms with Crippen molar-refractivity contribution in [2.45, 2.75) is 13.8 Å². The molecule has 4 aromatic rings. The molecule has 0 atom stereocenters. The average Bonchev–Trinajstić information content (AvgIpc) is 3.39. The smallest absolute Gasteiger partial charge is 0.339 e. The lowest BCUT2D eigenvalue weighted by Crippen LogP contribution is -2.17. The van der Waals surface area contributed by atoms with Gasteiger partial charge in [-0.15, -0.1) is 0 Å². The molecule has 0 saturated carbocycles. The summed E-state index contributed by atoms with van der Waals surface area (Å²) in [5.41, 5.74) is 5.45. The number of ether oxygens (including phenoxy) is 3. The summed E-state index contributed by atoms with van der Waals surface area (Å²) in [7, 11) is 4.32. The summed E-state index contributed by atoms with van der Waals surface area (Å²) >= 11 is 0. The third kappa shape index (κ3) is 3.85. The van der Waals surface area contributed by atoms with Crippen LogP contribution < -0.4 is 4.74 Å². The van der Waals surface area contributed by atoms with Gasteiger partial charge in [0.2, 0.25) is 0 Å². The Morgan fingerprint density at radius 1 is 0.647 bits per heavy atom. The maximum Gasteiger partial charge on any atom is 0.339 e. The van der Waals surface area contributed by atoms with Gasteiger partial charge in [-0.2, -0.15) is 0 Å². The first-order valence-electron chi connectivity index (χ1n) is 10.7. The SMILES string of the molecule is COC(=O)c1cc(-c2ccccc2)n(-n2c(-c3cccc(OC)c3)cc(C(=O)OC)c2C)c1C. The zero-order chi connectivity index (χ0) is 24.4. The van der Waals surface area contributed by atoms with Gasteiger partial charge in [-0.25, -0.2) is 9.59 Å². The molecule has 34 heavy (non-hydrogen) atoms. The quantitative estimate of drug-likeness (QED) is 0.375. The van der Waals surface area contributed by atoms with Gasteiger partial charge in [-0.05, 0) is 38.1 Å². The highest BCUT2D eigenvalue weighted by molar-refractivity contribution is 5.94. The highest BCUT2D eigenvalue weighted by Gasteiger charge is 2.26. The van der Waals surface area contributed by atoms with Crippen LogP contribution >= 0.6 is 0 Å². The summed E-state index contributed by atoms with van der Waals surface area (Å²) in [6.45, 7) is 3.70. The number of benzene rings is 2. The molecule has 0 aliphatic heterocycles. The van der Waals surface area contributed by atoms with Crippen molar-refractivity contribution in [2.75, 3.05) is 21.3 Å². The molecule has 4 rings (SSSR count). The number of carbonyl (C=O) groups excluding carboxylic acids is 2. The predicted octanol–water partition coefficient (Wildman–Crippen LogP) is 5.13. The molecule has 0 unspecified atom stereocenters. The van der Waals surface area contributed by atoms with Crippen LogP contribution in [-0.4, -0.2) is 42.6 Å². The maximum absolute atomic E-state index is 12.6. The fraction of sp³-hybridized carbons (Fsp3) is 0.185. The van der Waals surface area contributed by atoms with Crippen LogP contribution in [0.2, 0.25) is 0 Å². The number of methoxy groups -OCH3 is 3. The number of hydrogen-bond donors (Lipinski definition) is 0. The Hall–Kier alpha value is -4.26. The van der Waals surface area contributed by atoms with Crippen LogP contribution in [-0.2, 0) is 9.47 Å². The fourth-order valence-corrected chi connectivity index (χ4v) is 4.15. The van der Waals surface area contributed by atoms with Gasteiger partial charge in [0.15, 0.2) is 0 Å². The van der Waals surface area contributed by atoms with E-state index in [2.05, 4.69) is 0 Å². The number of esters is 2. The summed E-state index contributed by atoms with van der Waals surface area (Å²) in [6, 6.07) is 20.9. The Balaban J connectivity index is 2.09. The van der Waals surface area contributed by atoms with E-state index in [1.807, 2.05) is 83.9 Å². The molecule has 0 aliphatic rings. The Labute approximate surface area is 198 Å². The molecule has 7 nitrogen and oxygen atoms in total. The minimum absolute atomic E-state index is 0.423. The Kier molecular flexibility index (Phi) is 6.27. The largest absolute Gasteiger partial charge is 0.497 e. The van der Waals surface area contributed by atoms with Crippen molar-refractivity contribution >= 4 is 11.9 Å². The van der Waals surface area contributed by atoms with Crippen molar-refractivity contribution in [3.05, 3.63) is 89.2 Å². The minimum atomic E-state index is -0.445. The van der Waals surface area contributed by atoms with E-state index in [9.17, 15) is 9.59 Å². The second kappa shape index (κ2) is 9.31. The van der Waals surface area contributed by atoms with Crippen LogP contribution in [0.4, 0.5) is 0 Å². The summed E-state index contributed by atoms with van der Waals surface area (Å²) in [6.07, 6.45) is 0. The first-order chi connectivity index (χ1) is 16.4. The molecule has 0 aliphatic carbocycles. The molecule has 2 aromatic heterocycles. The summed E-state index contributed by atoms with van der Waals surface area (Å²) in [4.78, 5) is 25.3. The Bertz CT molecular complexity index is 1370. The van der Waals surface area contributed by atoms with Gasteiger partial charge in [0, 0.05) is 11.1 Å². The van der Waals surface area contributed by atoms with Crippen LogP contribution in [0.3, 0.4) is 0 Å². The molecule has 2 aromatic carbocycles. The summed E-state index contributed by atoms with van der Waals surface area (Å²) in [5, 5.41) is 0. The molecule has 0 radical (unpaired) electrons. The Morgan fingerprint density at radius 2 is 1.15 bits per heavy atom. The summed E-state index contributed by atoms with van der Waals surface area (Å²) < 4.78 is 19.4. The van der Waals surface area contributed by atoms with Crippen LogP contribution in [0.1, 0.15) is 32.1 Å². The van der Waals surface area contributed by atoms with Gasteiger partial charge in [-0.3, -0.25) is 9.35 Å². The van der Waals surface area contributed by atoms with E-state index >= 15 is 0 Å². The highest BCUT2D eigenvalue weighted by Crippen LogP contribution is 2.34. The lowest BCUT2D eigenvalue weighted by Gasteiger charge is -2.19. The molecular formula is C27H26N2O5. The molecule has 0 saturated heterocycles. The molecule has 0 N–H and O–H groups in total. The molecule has 0 spiro atoms. The van der Waals surface area contributed by atoms with E-state index in [-0.39, 0.29) is 0 Å². The molecule has 2 heterocycles. The lowest BCUT2D eigenvalue weighted by atomic mass is 10.1. The van der Waals surface area contributed by atoms with Crippen molar-refractivity contribution in [3.63, 3.8) is 0 Å². The average molecular weight is 459 g/mol. The van der Waals surface area contributed by atoms with Crippen LogP contribution in [0, 0.1) is 13.8 Å². The van der Waals surface area contributed by atoms with Gasteiger partial charge >= 0.3 is 11.9 Å². The first kappa shape index (κ1) is 22.9. The number of carbonyl (C=O) groups is 2. The molecule has 0 bridgehead atoms. The second-order valence-corrected chi connectivity index (χ2v) is 7.76. The van der Waals surface area contributed by atoms with Crippen molar-refractivity contribution in [2.24, 2.45) is 0 Å². The fourth-order valence-electron chi connectivity index (χ4n) is 4.15. The third-order valence-corrected chi connectivity index (χ3v) is 5.88. The minimum Gasteiger partial charge on any atom is -0.497 e. The first-order valence-corrected chi connectivity index (χ1v) is 10.7. The van der Waals surface area contributed by atoms with Crippen molar-refractivity contribution in [1.29, 1.82) is 0 Å². The van der Waals surface area contributed by atoms with E-state index < -0.39 is 11.9 Å². The van der Waals surface area contributed by atoms with E-state index in [0.29, 0.717) is 28.3 Å². The maximum atomic E-state index is 12.6. The van der Waals surface area contributed by atoms with Crippen molar-refractivity contribution in [3.8, 4) is 28.3 Å². The molecule has 174 valence electrons. The number of rotatable bonds is 6. The molecule has 0 amide bonds. The standard InChI is InChI=1S/C27H26N2O5/c1-17-22(26(30)33-4)15-24(19-10-7-6-8-11-19)28(17)29-18(2)23(27(31)34-5)16-25(29)20-12-9-13-21(14-20)32-3/h6-16H,1-5H3. The number of nitrogens with zero attached hydrogens (tertiary/aromatic N) is 2. The molecular weight excluding hydrogens is 432 g/mol.